The second-order valence-corrected chi connectivity index (χ2v) is 6.25. The van der Waals surface area contributed by atoms with Crippen molar-refractivity contribution in [1.82, 2.24) is 5.32 Å². The Labute approximate surface area is 125 Å². The molecule has 0 spiro atoms. The summed E-state index contributed by atoms with van der Waals surface area (Å²) in [6, 6.07) is 0. The van der Waals surface area contributed by atoms with Crippen LogP contribution in [0.2, 0.25) is 0 Å². The first-order valence-corrected chi connectivity index (χ1v) is 7.52. The molecule has 21 heavy (non-hydrogen) atoms. The Bertz CT molecular complexity index is 369. The van der Waals surface area contributed by atoms with Crippen LogP contribution in [0.15, 0.2) is 0 Å². The summed E-state index contributed by atoms with van der Waals surface area (Å²) in [4.78, 5) is 23.5. The molecule has 6 heteroatoms. The number of hydrogen-bond donors (Lipinski definition) is 3. The van der Waals surface area contributed by atoms with Gasteiger partial charge in [0.25, 0.3) is 0 Å². The second-order valence-electron chi connectivity index (χ2n) is 6.25. The number of aliphatic hydroxyl groups is 1. The molecule has 6 nitrogen and oxygen atoms in total. The van der Waals surface area contributed by atoms with Crippen LogP contribution in [0.1, 0.15) is 39.5 Å². The molecule has 4 atom stereocenters. The van der Waals surface area contributed by atoms with Gasteiger partial charge in [-0.2, -0.15) is 0 Å². The minimum atomic E-state index is -1.05. The molecule has 0 bridgehead atoms. The molecule has 0 saturated heterocycles. The average Bonchev–Trinajstić information content (AvgIpc) is 2.87. The quantitative estimate of drug-likeness (QED) is 0.622. The van der Waals surface area contributed by atoms with Crippen molar-refractivity contribution >= 4 is 11.9 Å². The predicted octanol–water partition coefficient (Wildman–Crippen LogP) is 1.03. The first-order valence-electron chi connectivity index (χ1n) is 7.52. The summed E-state index contributed by atoms with van der Waals surface area (Å²) in [5, 5.41) is 22.0. The number of methoxy groups -OCH3 is 1. The fraction of sp³-hybridized carbons (Fsp3) is 0.867. The van der Waals surface area contributed by atoms with Gasteiger partial charge in [0.2, 0.25) is 5.91 Å². The van der Waals surface area contributed by atoms with Crippen molar-refractivity contribution in [1.29, 1.82) is 0 Å². The van der Waals surface area contributed by atoms with E-state index in [-0.39, 0.29) is 18.4 Å². The van der Waals surface area contributed by atoms with Crippen LogP contribution in [-0.4, -0.2) is 48.0 Å². The van der Waals surface area contributed by atoms with E-state index in [4.69, 9.17) is 4.74 Å². The van der Waals surface area contributed by atoms with Crippen molar-refractivity contribution in [3.63, 3.8) is 0 Å². The van der Waals surface area contributed by atoms with Gasteiger partial charge in [-0.25, -0.2) is 0 Å². The topological polar surface area (TPSA) is 95.9 Å². The molecule has 0 aromatic carbocycles. The highest BCUT2D eigenvalue weighted by Crippen LogP contribution is 2.38. The van der Waals surface area contributed by atoms with Gasteiger partial charge in [-0.3, -0.25) is 9.59 Å². The molecule has 0 aliphatic heterocycles. The van der Waals surface area contributed by atoms with E-state index in [1.54, 1.807) is 14.0 Å². The van der Waals surface area contributed by atoms with Gasteiger partial charge in [0, 0.05) is 26.7 Å². The Kier molecular flexibility index (Phi) is 6.61. The summed E-state index contributed by atoms with van der Waals surface area (Å²) in [7, 11) is 1.55. The minimum absolute atomic E-state index is 0.106. The molecule has 0 aromatic heterocycles. The Hall–Kier alpha value is -1.14. The van der Waals surface area contributed by atoms with Crippen molar-refractivity contribution in [3.05, 3.63) is 0 Å². The number of ether oxygens (including phenoxy) is 1. The molecule has 1 rings (SSSR count). The Balaban J connectivity index is 2.55. The van der Waals surface area contributed by atoms with E-state index in [9.17, 15) is 19.8 Å². The van der Waals surface area contributed by atoms with E-state index >= 15 is 0 Å². The molecule has 1 saturated carbocycles. The molecule has 0 heterocycles. The number of nitrogens with one attached hydrogen (secondary N) is 1. The predicted molar refractivity (Wildman–Crippen MR) is 77.8 cm³/mol. The normalized spacial score (nSPS) is 28.1. The highest BCUT2D eigenvalue weighted by atomic mass is 16.5. The standard InChI is InChI=1S/C15H27NO5/c1-4-10-7-11(12(8-10)14(18)19)13(17)16-9-15(2,20)5-6-21-3/h10-12,20H,4-9H2,1-3H3,(H,16,17)(H,18,19). The second kappa shape index (κ2) is 7.75. The minimum Gasteiger partial charge on any atom is -0.481 e. The lowest BCUT2D eigenvalue weighted by Crippen LogP contribution is -2.44. The van der Waals surface area contributed by atoms with Gasteiger partial charge in [0.05, 0.1) is 17.4 Å². The smallest absolute Gasteiger partial charge is 0.307 e. The molecule has 1 amide bonds. The van der Waals surface area contributed by atoms with Crippen LogP contribution in [0.4, 0.5) is 0 Å². The fourth-order valence-corrected chi connectivity index (χ4v) is 2.86. The Morgan fingerprint density at radius 1 is 1.33 bits per heavy atom. The lowest BCUT2D eigenvalue weighted by atomic mass is 9.94. The van der Waals surface area contributed by atoms with Crippen molar-refractivity contribution < 1.29 is 24.5 Å². The first-order chi connectivity index (χ1) is 9.80. The monoisotopic (exact) mass is 301 g/mol. The largest absolute Gasteiger partial charge is 0.481 e. The zero-order valence-corrected chi connectivity index (χ0v) is 13.1. The van der Waals surface area contributed by atoms with Crippen molar-refractivity contribution in [2.24, 2.45) is 17.8 Å². The molecule has 0 aromatic rings. The van der Waals surface area contributed by atoms with E-state index in [1.807, 2.05) is 6.92 Å². The third kappa shape index (κ3) is 5.28. The number of aliphatic carboxylic acids is 1. The molecule has 1 aliphatic rings. The molecule has 0 radical (unpaired) electrons. The highest BCUT2D eigenvalue weighted by molar-refractivity contribution is 5.85. The van der Waals surface area contributed by atoms with Crippen LogP contribution in [0.3, 0.4) is 0 Å². The van der Waals surface area contributed by atoms with E-state index in [0.29, 0.717) is 25.9 Å². The number of hydrogen-bond acceptors (Lipinski definition) is 4. The van der Waals surface area contributed by atoms with Crippen LogP contribution in [0.5, 0.6) is 0 Å². The maximum atomic E-state index is 12.2. The van der Waals surface area contributed by atoms with Gasteiger partial charge >= 0.3 is 5.97 Å². The van der Waals surface area contributed by atoms with Gasteiger partial charge < -0.3 is 20.3 Å². The summed E-state index contributed by atoms with van der Waals surface area (Å²) < 4.78 is 4.91. The van der Waals surface area contributed by atoms with E-state index < -0.39 is 23.4 Å². The van der Waals surface area contributed by atoms with Gasteiger partial charge in [-0.05, 0) is 25.7 Å². The number of rotatable bonds is 8. The van der Waals surface area contributed by atoms with Gasteiger partial charge in [-0.1, -0.05) is 13.3 Å². The summed E-state index contributed by atoms with van der Waals surface area (Å²) in [5.74, 6) is -1.99. The zero-order valence-electron chi connectivity index (χ0n) is 13.1. The first kappa shape index (κ1) is 17.9. The maximum Gasteiger partial charge on any atom is 0.307 e. The molecule has 122 valence electrons. The summed E-state index contributed by atoms with van der Waals surface area (Å²) in [5.41, 5.74) is -1.05. The van der Waals surface area contributed by atoms with Crippen molar-refractivity contribution in [2.75, 3.05) is 20.3 Å². The van der Waals surface area contributed by atoms with Crippen LogP contribution >= 0.6 is 0 Å². The number of carbonyl (C=O) groups excluding carboxylic acids is 1. The lowest BCUT2D eigenvalue weighted by molar-refractivity contribution is -0.146. The highest BCUT2D eigenvalue weighted by Gasteiger charge is 2.42. The van der Waals surface area contributed by atoms with Crippen LogP contribution < -0.4 is 5.32 Å². The summed E-state index contributed by atoms with van der Waals surface area (Å²) in [6.45, 7) is 4.15. The van der Waals surface area contributed by atoms with Gasteiger partial charge in [-0.15, -0.1) is 0 Å². The summed E-state index contributed by atoms with van der Waals surface area (Å²) in [6.07, 6.45) is 2.47. The number of carboxylic acids is 1. The maximum absolute atomic E-state index is 12.2. The molecule has 3 N–H and O–H groups in total. The Morgan fingerprint density at radius 3 is 2.48 bits per heavy atom. The summed E-state index contributed by atoms with van der Waals surface area (Å²) >= 11 is 0. The van der Waals surface area contributed by atoms with E-state index in [2.05, 4.69) is 5.32 Å². The SMILES string of the molecule is CCC1CC(C(=O)O)C(C(=O)NCC(C)(O)CCOC)C1. The lowest BCUT2D eigenvalue weighted by Gasteiger charge is -2.25. The van der Waals surface area contributed by atoms with Gasteiger partial charge in [0.1, 0.15) is 0 Å². The molecule has 1 aliphatic carbocycles. The molecule has 4 unspecified atom stereocenters. The van der Waals surface area contributed by atoms with Crippen LogP contribution in [0.25, 0.3) is 0 Å². The zero-order chi connectivity index (χ0) is 16.0. The van der Waals surface area contributed by atoms with Crippen LogP contribution in [0, 0.1) is 17.8 Å². The molecular weight excluding hydrogens is 274 g/mol. The number of carboxylic acid groups (broad SMARTS) is 1. The number of amides is 1. The third-order valence-corrected chi connectivity index (χ3v) is 4.38. The molecular formula is C15H27NO5. The van der Waals surface area contributed by atoms with Crippen LogP contribution in [-0.2, 0) is 14.3 Å². The van der Waals surface area contributed by atoms with Crippen molar-refractivity contribution in [3.8, 4) is 0 Å². The third-order valence-electron chi connectivity index (χ3n) is 4.38. The van der Waals surface area contributed by atoms with Gasteiger partial charge in [0.15, 0.2) is 0 Å². The van der Waals surface area contributed by atoms with E-state index in [0.717, 1.165) is 6.42 Å². The fourth-order valence-electron chi connectivity index (χ4n) is 2.86. The number of carbonyl (C=O) groups is 2. The van der Waals surface area contributed by atoms with E-state index in [1.165, 1.54) is 0 Å². The van der Waals surface area contributed by atoms with Crippen molar-refractivity contribution in [2.45, 2.75) is 45.1 Å². The molecule has 1 fully saturated rings. The Morgan fingerprint density at radius 2 is 1.95 bits per heavy atom. The average molecular weight is 301 g/mol.